The Bertz CT molecular complexity index is 689. The first-order valence-corrected chi connectivity index (χ1v) is 8.29. The topological polar surface area (TPSA) is 73.3 Å². The smallest absolute Gasteiger partial charge is 0.251 e. The summed E-state index contributed by atoms with van der Waals surface area (Å²) in [5, 5.41) is 3.11. The first kappa shape index (κ1) is 14.0. The molecule has 2 aliphatic rings. The van der Waals surface area contributed by atoms with Gasteiger partial charge in [-0.25, -0.2) is 0 Å². The number of carbonyl (C=O) groups excluding carboxylic acids is 1. The molecule has 1 aliphatic heterocycles. The quantitative estimate of drug-likeness (QED) is 0.913. The lowest BCUT2D eigenvalue weighted by atomic mass is 9.89. The van der Waals surface area contributed by atoms with E-state index in [1.165, 1.54) is 0 Å². The summed E-state index contributed by atoms with van der Waals surface area (Å²) in [7, 11) is 0. The van der Waals surface area contributed by atoms with Gasteiger partial charge in [0.15, 0.2) is 0 Å². The number of fused-ring (bicyclic) bond motifs is 2. The van der Waals surface area contributed by atoms with Crippen LogP contribution in [0.4, 0.5) is 0 Å². The van der Waals surface area contributed by atoms with Gasteiger partial charge < -0.3 is 14.8 Å². The van der Waals surface area contributed by atoms with Crippen molar-refractivity contribution in [3.05, 3.63) is 23.8 Å². The number of carbonyl (C=O) groups is 1. The zero-order chi connectivity index (χ0) is 14.9. The van der Waals surface area contributed by atoms with Gasteiger partial charge in [0, 0.05) is 11.6 Å². The highest BCUT2D eigenvalue weighted by Gasteiger charge is 2.34. The highest BCUT2D eigenvalue weighted by Crippen LogP contribution is 2.27. The molecular formula is C15H17N3O3S. The number of nitrogens with one attached hydrogen (secondary N) is 1. The van der Waals surface area contributed by atoms with E-state index in [4.69, 9.17) is 9.47 Å². The predicted molar refractivity (Wildman–Crippen MR) is 82.0 cm³/mol. The minimum Gasteiger partial charge on any atom is -0.373 e. The number of ether oxygens (including phenoxy) is 2. The fourth-order valence-electron chi connectivity index (χ4n) is 3.19. The monoisotopic (exact) mass is 319 g/mol. The van der Waals surface area contributed by atoms with E-state index in [9.17, 15) is 4.79 Å². The summed E-state index contributed by atoms with van der Waals surface area (Å²) < 4.78 is 19.8. The second-order valence-corrected chi connectivity index (χ2v) is 6.30. The van der Waals surface area contributed by atoms with Gasteiger partial charge in [-0.15, -0.1) is 0 Å². The maximum Gasteiger partial charge on any atom is 0.251 e. The third kappa shape index (κ3) is 2.71. The van der Waals surface area contributed by atoms with E-state index in [-0.39, 0.29) is 24.2 Å². The van der Waals surface area contributed by atoms with Gasteiger partial charge in [0.2, 0.25) is 0 Å². The Morgan fingerprint density at radius 1 is 1.14 bits per heavy atom. The van der Waals surface area contributed by atoms with E-state index < -0.39 is 0 Å². The van der Waals surface area contributed by atoms with Gasteiger partial charge in [-0.2, -0.15) is 8.75 Å². The van der Waals surface area contributed by atoms with Crippen LogP contribution in [0.1, 0.15) is 29.6 Å². The highest BCUT2D eigenvalue weighted by atomic mass is 32.1. The molecule has 116 valence electrons. The number of nitrogens with zero attached hydrogens (tertiary/aromatic N) is 2. The molecule has 2 aromatic rings. The molecule has 1 amide bonds. The Kier molecular flexibility index (Phi) is 3.77. The second-order valence-electron chi connectivity index (χ2n) is 5.77. The van der Waals surface area contributed by atoms with Crippen LogP contribution >= 0.6 is 11.7 Å². The van der Waals surface area contributed by atoms with Crippen molar-refractivity contribution in [2.75, 3.05) is 13.2 Å². The van der Waals surface area contributed by atoms with Crippen molar-refractivity contribution in [1.29, 1.82) is 0 Å². The van der Waals surface area contributed by atoms with Crippen LogP contribution in [0.2, 0.25) is 0 Å². The summed E-state index contributed by atoms with van der Waals surface area (Å²) >= 11 is 1.16. The molecular weight excluding hydrogens is 302 g/mol. The molecule has 2 heterocycles. The summed E-state index contributed by atoms with van der Waals surface area (Å²) in [6.45, 7) is 1.33. The fraction of sp³-hybridized carbons (Fsp3) is 0.533. The molecule has 2 fully saturated rings. The summed E-state index contributed by atoms with van der Waals surface area (Å²) in [4.78, 5) is 12.4. The number of benzene rings is 1. The lowest BCUT2D eigenvalue weighted by Crippen LogP contribution is -2.49. The normalized spacial score (nSPS) is 28.3. The molecule has 0 unspecified atom stereocenters. The van der Waals surface area contributed by atoms with E-state index in [0.29, 0.717) is 18.8 Å². The number of hydrogen-bond donors (Lipinski definition) is 1. The standard InChI is InChI=1S/C15H17N3O3S/c19-15(9-1-3-11-12(7-9)18-22-17-11)16-10-2-4-13-14(8-10)21-6-5-20-13/h1,3,7,10,13-14H,2,4-6,8H2,(H,16,19)/t10-,13-,14+/m1/s1. The molecule has 0 spiro atoms. The predicted octanol–water partition coefficient (Wildman–Crippen LogP) is 1.76. The minimum absolute atomic E-state index is 0.0601. The number of hydrogen-bond acceptors (Lipinski definition) is 6. The SMILES string of the molecule is O=C(N[C@@H]1CC[C@H]2OCCO[C@H]2C1)c1ccc2nsnc2c1. The van der Waals surface area contributed by atoms with Gasteiger partial charge in [0.05, 0.1) is 37.1 Å². The largest absolute Gasteiger partial charge is 0.373 e. The Morgan fingerprint density at radius 2 is 1.95 bits per heavy atom. The summed E-state index contributed by atoms with van der Waals surface area (Å²) in [6, 6.07) is 5.56. The average Bonchev–Trinajstić information content (AvgIpc) is 3.02. The number of aromatic nitrogens is 2. The number of amides is 1. The van der Waals surface area contributed by atoms with Gasteiger partial charge >= 0.3 is 0 Å². The molecule has 1 aromatic heterocycles. The molecule has 6 nitrogen and oxygen atoms in total. The van der Waals surface area contributed by atoms with Crippen molar-refractivity contribution in [3.63, 3.8) is 0 Å². The molecule has 1 saturated carbocycles. The highest BCUT2D eigenvalue weighted by molar-refractivity contribution is 7.00. The van der Waals surface area contributed by atoms with Crippen LogP contribution in [-0.4, -0.2) is 46.1 Å². The van der Waals surface area contributed by atoms with Crippen LogP contribution in [0, 0.1) is 0 Å². The van der Waals surface area contributed by atoms with Gasteiger partial charge in [0.25, 0.3) is 5.91 Å². The summed E-state index contributed by atoms with van der Waals surface area (Å²) in [5.41, 5.74) is 2.23. The van der Waals surface area contributed by atoms with Crippen LogP contribution in [0.15, 0.2) is 18.2 Å². The lowest BCUT2D eigenvalue weighted by molar-refractivity contribution is -0.157. The van der Waals surface area contributed by atoms with Gasteiger partial charge in [-0.1, -0.05) is 0 Å². The van der Waals surface area contributed by atoms with E-state index in [1.54, 1.807) is 12.1 Å². The van der Waals surface area contributed by atoms with E-state index in [2.05, 4.69) is 14.1 Å². The second kappa shape index (κ2) is 5.91. The molecule has 0 radical (unpaired) electrons. The molecule has 7 heteroatoms. The van der Waals surface area contributed by atoms with Crippen LogP contribution in [-0.2, 0) is 9.47 Å². The van der Waals surface area contributed by atoms with Crippen molar-refractivity contribution < 1.29 is 14.3 Å². The van der Waals surface area contributed by atoms with Gasteiger partial charge in [0.1, 0.15) is 11.0 Å². The van der Waals surface area contributed by atoms with Crippen molar-refractivity contribution in [2.24, 2.45) is 0 Å². The Hall–Kier alpha value is -1.57. The average molecular weight is 319 g/mol. The fourth-order valence-corrected chi connectivity index (χ4v) is 3.71. The van der Waals surface area contributed by atoms with Crippen molar-refractivity contribution >= 4 is 28.7 Å². The number of rotatable bonds is 2. The third-order valence-corrected chi connectivity index (χ3v) is 4.89. The third-order valence-electron chi connectivity index (χ3n) is 4.33. The van der Waals surface area contributed by atoms with Crippen molar-refractivity contribution in [2.45, 2.75) is 37.5 Å². The molecule has 1 aromatic carbocycles. The molecule has 1 saturated heterocycles. The Labute approximate surface area is 132 Å². The zero-order valence-corrected chi connectivity index (χ0v) is 12.8. The molecule has 3 atom stereocenters. The van der Waals surface area contributed by atoms with Crippen LogP contribution in [0.5, 0.6) is 0 Å². The maximum absolute atomic E-state index is 12.4. The zero-order valence-electron chi connectivity index (χ0n) is 12.0. The van der Waals surface area contributed by atoms with E-state index in [0.717, 1.165) is 42.0 Å². The van der Waals surface area contributed by atoms with Crippen molar-refractivity contribution in [1.82, 2.24) is 14.1 Å². The summed E-state index contributed by atoms with van der Waals surface area (Å²) in [6.07, 6.45) is 2.98. The van der Waals surface area contributed by atoms with Crippen LogP contribution < -0.4 is 5.32 Å². The van der Waals surface area contributed by atoms with Crippen LogP contribution in [0.25, 0.3) is 11.0 Å². The van der Waals surface area contributed by atoms with E-state index >= 15 is 0 Å². The summed E-state index contributed by atoms with van der Waals surface area (Å²) in [5.74, 6) is -0.0601. The molecule has 1 N–H and O–H groups in total. The first-order chi connectivity index (χ1) is 10.8. The molecule has 1 aliphatic carbocycles. The van der Waals surface area contributed by atoms with Gasteiger partial charge in [-0.3, -0.25) is 4.79 Å². The molecule has 4 rings (SSSR count). The van der Waals surface area contributed by atoms with Crippen molar-refractivity contribution in [3.8, 4) is 0 Å². The lowest BCUT2D eigenvalue weighted by Gasteiger charge is -2.39. The molecule has 22 heavy (non-hydrogen) atoms. The molecule has 0 bridgehead atoms. The Balaban J connectivity index is 1.43. The Morgan fingerprint density at radius 3 is 2.86 bits per heavy atom. The van der Waals surface area contributed by atoms with Gasteiger partial charge in [-0.05, 0) is 37.5 Å². The van der Waals surface area contributed by atoms with E-state index in [1.807, 2.05) is 6.07 Å². The first-order valence-electron chi connectivity index (χ1n) is 7.56. The van der Waals surface area contributed by atoms with Crippen LogP contribution in [0.3, 0.4) is 0 Å². The minimum atomic E-state index is -0.0601. The maximum atomic E-state index is 12.4.